The molecule has 1 heterocycles. The van der Waals surface area contributed by atoms with Gasteiger partial charge in [-0.2, -0.15) is 0 Å². The Labute approximate surface area is 140 Å². The highest BCUT2D eigenvalue weighted by Gasteiger charge is 2.18. The van der Waals surface area contributed by atoms with E-state index in [0.717, 1.165) is 9.13 Å². The molecule has 0 aromatic heterocycles. The van der Waals surface area contributed by atoms with Crippen LogP contribution in [0.15, 0.2) is 36.4 Å². The zero-order chi connectivity index (χ0) is 14.8. The first-order valence-corrected chi connectivity index (χ1v) is 7.60. The second-order valence-electron chi connectivity index (χ2n) is 4.40. The van der Waals surface area contributed by atoms with E-state index in [1.54, 1.807) is 24.3 Å². The van der Waals surface area contributed by atoms with Gasteiger partial charge in [0, 0.05) is 3.57 Å². The summed E-state index contributed by atoms with van der Waals surface area (Å²) < 4.78 is 16.8. The highest BCUT2D eigenvalue weighted by atomic mass is 127. The van der Waals surface area contributed by atoms with Crippen molar-refractivity contribution in [1.82, 2.24) is 0 Å². The number of benzene rings is 2. The fourth-order valence-electron chi connectivity index (χ4n) is 1.95. The summed E-state index contributed by atoms with van der Waals surface area (Å²) in [5, 5.41) is 0.449. The number of hydrogen-bond donors (Lipinski definition) is 0. The summed E-state index contributed by atoms with van der Waals surface area (Å²) in [5.74, 6) is 0.731. The molecule has 0 spiro atoms. The van der Waals surface area contributed by atoms with E-state index in [4.69, 9.17) is 25.8 Å². The van der Waals surface area contributed by atoms with Crippen molar-refractivity contribution in [3.05, 3.63) is 56.1 Å². The van der Waals surface area contributed by atoms with Crippen LogP contribution in [-0.2, 0) is 11.3 Å². The quantitative estimate of drug-likeness (QED) is 0.560. The van der Waals surface area contributed by atoms with Crippen LogP contribution in [0.25, 0.3) is 0 Å². The lowest BCUT2D eigenvalue weighted by molar-refractivity contribution is 0.0472. The minimum absolute atomic E-state index is 0.126. The Hall–Kier alpha value is -1.47. The molecule has 0 atom stereocenters. The molecule has 0 fully saturated rings. The van der Waals surface area contributed by atoms with E-state index < -0.39 is 0 Å². The molecule has 0 aliphatic carbocycles. The number of esters is 1. The van der Waals surface area contributed by atoms with E-state index >= 15 is 0 Å². The van der Waals surface area contributed by atoms with Crippen LogP contribution in [0.2, 0.25) is 5.02 Å². The van der Waals surface area contributed by atoms with Crippen LogP contribution in [0.4, 0.5) is 0 Å². The molecule has 1 aliphatic rings. The molecule has 2 aromatic carbocycles. The van der Waals surface area contributed by atoms with Gasteiger partial charge in [-0.05, 0) is 58.5 Å². The second-order valence-corrected chi connectivity index (χ2v) is 6.05. The molecule has 0 bridgehead atoms. The number of carbonyl (C=O) groups is 1. The molecule has 108 valence electrons. The van der Waals surface area contributed by atoms with Gasteiger partial charge in [0.05, 0.1) is 10.6 Å². The molecular formula is C15H10ClIO4. The van der Waals surface area contributed by atoms with Crippen LogP contribution in [0.3, 0.4) is 0 Å². The predicted molar refractivity (Wildman–Crippen MR) is 85.9 cm³/mol. The topological polar surface area (TPSA) is 44.8 Å². The van der Waals surface area contributed by atoms with Crippen molar-refractivity contribution < 1.29 is 19.0 Å². The Morgan fingerprint density at radius 2 is 2.14 bits per heavy atom. The summed E-state index contributed by atoms with van der Waals surface area (Å²) in [5.41, 5.74) is 1.27. The fraction of sp³-hybridized carbons (Fsp3) is 0.133. The highest BCUT2D eigenvalue weighted by Crippen LogP contribution is 2.39. The third-order valence-corrected chi connectivity index (χ3v) is 3.87. The molecule has 6 heteroatoms. The van der Waals surface area contributed by atoms with Gasteiger partial charge in [-0.3, -0.25) is 0 Å². The number of rotatable bonds is 3. The summed E-state index contributed by atoms with van der Waals surface area (Å²) in [6.45, 7) is 0.279. The lowest BCUT2D eigenvalue weighted by Crippen LogP contribution is -2.05. The molecule has 0 N–H and O–H groups in total. The average molecular weight is 417 g/mol. The molecular weight excluding hydrogens is 407 g/mol. The molecule has 0 saturated carbocycles. The molecule has 0 unspecified atom stereocenters. The van der Waals surface area contributed by atoms with Crippen LogP contribution in [0.1, 0.15) is 15.9 Å². The lowest BCUT2D eigenvalue weighted by Gasteiger charge is -2.07. The zero-order valence-electron chi connectivity index (χ0n) is 10.8. The van der Waals surface area contributed by atoms with Gasteiger partial charge < -0.3 is 14.2 Å². The largest absolute Gasteiger partial charge is 0.457 e. The van der Waals surface area contributed by atoms with Crippen molar-refractivity contribution in [3.63, 3.8) is 0 Å². The van der Waals surface area contributed by atoms with Crippen LogP contribution in [-0.4, -0.2) is 12.8 Å². The minimum Gasteiger partial charge on any atom is -0.457 e. The van der Waals surface area contributed by atoms with Crippen molar-refractivity contribution in [2.24, 2.45) is 0 Å². The monoisotopic (exact) mass is 416 g/mol. The van der Waals surface area contributed by atoms with Crippen LogP contribution >= 0.6 is 34.2 Å². The third kappa shape index (κ3) is 3.24. The molecule has 0 amide bonds. The number of carbonyl (C=O) groups excluding carboxylic acids is 1. The molecule has 1 aliphatic heterocycles. The van der Waals surface area contributed by atoms with Crippen molar-refractivity contribution in [2.75, 3.05) is 6.79 Å². The van der Waals surface area contributed by atoms with E-state index in [9.17, 15) is 4.79 Å². The molecule has 3 rings (SSSR count). The van der Waals surface area contributed by atoms with Crippen molar-refractivity contribution in [1.29, 1.82) is 0 Å². The number of ether oxygens (including phenoxy) is 3. The van der Waals surface area contributed by atoms with E-state index in [0.29, 0.717) is 22.1 Å². The fourth-order valence-corrected chi connectivity index (χ4v) is 2.78. The van der Waals surface area contributed by atoms with Gasteiger partial charge in [-0.25, -0.2) is 4.79 Å². The minimum atomic E-state index is -0.373. The first-order chi connectivity index (χ1) is 10.1. The van der Waals surface area contributed by atoms with Gasteiger partial charge in [-0.1, -0.05) is 17.7 Å². The van der Waals surface area contributed by atoms with Crippen molar-refractivity contribution in [2.45, 2.75) is 6.61 Å². The van der Waals surface area contributed by atoms with Gasteiger partial charge in [0.25, 0.3) is 0 Å². The number of hydrogen-bond acceptors (Lipinski definition) is 4. The van der Waals surface area contributed by atoms with Gasteiger partial charge in [0.1, 0.15) is 6.61 Å². The lowest BCUT2D eigenvalue weighted by atomic mass is 10.2. The van der Waals surface area contributed by atoms with E-state index in [1.807, 2.05) is 12.1 Å². The summed E-state index contributed by atoms with van der Waals surface area (Å²) in [6.07, 6.45) is 0. The summed E-state index contributed by atoms with van der Waals surface area (Å²) in [4.78, 5) is 12.0. The van der Waals surface area contributed by atoms with Crippen molar-refractivity contribution in [3.8, 4) is 11.5 Å². The molecule has 2 aromatic rings. The summed E-state index contributed by atoms with van der Waals surface area (Å²) in [6, 6.07) is 10.7. The third-order valence-electron chi connectivity index (χ3n) is 2.92. The van der Waals surface area contributed by atoms with Gasteiger partial charge >= 0.3 is 5.97 Å². The average Bonchev–Trinajstić information content (AvgIpc) is 2.93. The normalized spacial score (nSPS) is 12.3. The van der Waals surface area contributed by atoms with E-state index in [-0.39, 0.29) is 19.4 Å². The Morgan fingerprint density at radius 3 is 2.95 bits per heavy atom. The first kappa shape index (κ1) is 14.5. The Bertz CT molecular complexity index is 702. The maximum Gasteiger partial charge on any atom is 0.338 e. The zero-order valence-corrected chi connectivity index (χ0v) is 13.7. The number of fused-ring (bicyclic) bond motifs is 1. The molecule has 21 heavy (non-hydrogen) atoms. The van der Waals surface area contributed by atoms with Crippen LogP contribution in [0, 0.1) is 3.57 Å². The molecule has 0 radical (unpaired) electrons. The SMILES string of the molecule is O=C(OCc1cc(Cl)c2c(c1)OCO2)c1cccc(I)c1. The molecule has 0 saturated heterocycles. The standard InChI is InChI=1S/C15H10ClIO4/c16-12-4-9(5-13-14(12)21-8-20-13)7-19-15(18)10-2-1-3-11(17)6-10/h1-6H,7-8H2. The number of halogens is 2. The highest BCUT2D eigenvalue weighted by molar-refractivity contribution is 14.1. The summed E-state index contributed by atoms with van der Waals surface area (Å²) in [7, 11) is 0. The Balaban J connectivity index is 1.71. The first-order valence-electron chi connectivity index (χ1n) is 6.14. The van der Waals surface area contributed by atoms with Gasteiger partial charge in [0.15, 0.2) is 11.5 Å². The maximum absolute atomic E-state index is 12.0. The maximum atomic E-state index is 12.0. The predicted octanol–water partition coefficient (Wildman–Crippen LogP) is 4.03. The summed E-state index contributed by atoms with van der Waals surface area (Å²) >= 11 is 8.23. The van der Waals surface area contributed by atoms with E-state index in [1.165, 1.54) is 0 Å². The molecule has 4 nitrogen and oxygen atoms in total. The Morgan fingerprint density at radius 1 is 1.29 bits per heavy atom. The van der Waals surface area contributed by atoms with Crippen LogP contribution in [0.5, 0.6) is 11.5 Å². The Kier molecular flexibility index (Phi) is 4.21. The van der Waals surface area contributed by atoms with Crippen molar-refractivity contribution >= 4 is 40.2 Å². The van der Waals surface area contributed by atoms with Gasteiger partial charge in [-0.15, -0.1) is 0 Å². The van der Waals surface area contributed by atoms with Crippen LogP contribution < -0.4 is 9.47 Å². The van der Waals surface area contributed by atoms with Gasteiger partial charge in [0.2, 0.25) is 6.79 Å². The second kappa shape index (κ2) is 6.11. The van der Waals surface area contributed by atoms with E-state index in [2.05, 4.69) is 22.6 Å². The smallest absolute Gasteiger partial charge is 0.338 e.